The highest BCUT2D eigenvalue weighted by Crippen LogP contribution is 2.37. The SMILES string of the molecule is CC(C)c1cc(Oc2c(Cl)cc(-n3nc(C#N)c(=O)[nH]c3=O)cc2Cl)nn(CCl)c1=O. The van der Waals surface area contributed by atoms with Gasteiger partial charge in [0, 0.05) is 11.6 Å². The minimum atomic E-state index is -0.914. The molecule has 1 N–H and O–H groups in total. The standard InChI is InChI=1S/C18H13Cl3N6O4/c1-8(2)10-5-14(25-26(7-19)17(10)29)31-15-11(20)3-9(4-12(15)21)27-18(30)23-16(28)13(6-22)24-27/h3-5,8H,7H2,1-2H3,(H,23,28,30). The predicted octanol–water partition coefficient (Wildman–Crippen LogP) is 2.77. The van der Waals surface area contributed by atoms with Gasteiger partial charge in [0.15, 0.2) is 5.75 Å². The first-order valence-corrected chi connectivity index (χ1v) is 9.94. The van der Waals surface area contributed by atoms with Crippen LogP contribution in [0, 0.1) is 11.3 Å². The first kappa shape index (κ1) is 22.6. The van der Waals surface area contributed by atoms with Crippen molar-refractivity contribution in [1.29, 1.82) is 5.26 Å². The van der Waals surface area contributed by atoms with Gasteiger partial charge in [-0.05, 0) is 18.1 Å². The van der Waals surface area contributed by atoms with Gasteiger partial charge in [-0.15, -0.1) is 21.8 Å². The van der Waals surface area contributed by atoms with Crippen molar-refractivity contribution >= 4 is 34.8 Å². The Hall–Kier alpha value is -3.13. The molecule has 0 unspecified atom stereocenters. The number of aromatic amines is 1. The summed E-state index contributed by atoms with van der Waals surface area (Å²) in [5.41, 5.74) is -2.14. The fourth-order valence-electron chi connectivity index (χ4n) is 2.60. The number of alkyl halides is 1. The summed E-state index contributed by atoms with van der Waals surface area (Å²) in [6.45, 7) is 3.66. The zero-order valence-corrected chi connectivity index (χ0v) is 18.3. The Labute approximate surface area is 189 Å². The highest BCUT2D eigenvalue weighted by Gasteiger charge is 2.18. The average Bonchev–Trinajstić information content (AvgIpc) is 2.71. The molecule has 0 fully saturated rings. The van der Waals surface area contributed by atoms with Gasteiger partial charge >= 0.3 is 5.69 Å². The second-order valence-electron chi connectivity index (χ2n) is 6.49. The molecule has 3 rings (SSSR count). The second-order valence-corrected chi connectivity index (χ2v) is 7.54. The molecule has 31 heavy (non-hydrogen) atoms. The molecule has 10 nitrogen and oxygen atoms in total. The third-order valence-corrected chi connectivity index (χ3v) is 4.87. The van der Waals surface area contributed by atoms with E-state index in [4.69, 9.17) is 44.8 Å². The highest BCUT2D eigenvalue weighted by molar-refractivity contribution is 6.37. The summed E-state index contributed by atoms with van der Waals surface area (Å²) in [4.78, 5) is 37.9. The minimum absolute atomic E-state index is 0.00652. The molecule has 0 radical (unpaired) electrons. The Balaban J connectivity index is 2.08. The lowest BCUT2D eigenvalue weighted by Gasteiger charge is -2.14. The summed E-state index contributed by atoms with van der Waals surface area (Å²) in [5, 5.41) is 16.7. The maximum absolute atomic E-state index is 12.3. The van der Waals surface area contributed by atoms with Gasteiger partial charge in [-0.2, -0.15) is 9.94 Å². The number of nitrogens with zero attached hydrogens (tertiary/aromatic N) is 5. The van der Waals surface area contributed by atoms with Gasteiger partial charge in [-0.1, -0.05) is 37.0 Å². The second kappa shape index (κ2) is 8.93. The Bertz CT molecular complexity index is 1360. The molecule has 0 atom stereocenters. The number of nitriles is 1. The Morgan fingerprint density at radius 1 is 1.16 bits per heavy atom. The van der Waals surface area contributed by atoms with Crippen LogP contribution < -0.4 is 21.5 Å². The zero-order valence-electron chi connectivity index (χ0n) is 16.0. The lowest BCUT2D eigenvalue weighted by Crippen LogP contribution is -2.33. The van der Waals surface area contributed by atoms with Gasteiger partial charge < -0.3 is 4.74 Å². The molecule has 0 aliphatic carbocycles. The van der Waals surface area contributed by atoms with Crippen LogP contribution in [-0.4, -0.2) is 24.5 Å². The molecule has 0 aliphatic rings. The van der Waals surface area contributed by atoms with E-state index >= 15 is 0 Å². The van der Waals surface area contributed by atoms with Crippen molar-refractivity contribution in [2.24, 2.45) is 0 Å². The molecule has 160 valence electrons. The van der Waals surface area contributed by atoms with Crippen LogP contribution >= 0.6 is 34.8 Å². The molecule has 0 bridgehead atoms. The van der Waals surface area contributed by atoms with Crippen molar-refractivity contribution < 1.29 is 4.74 Å². The number of H-pyrrole nitrogens is 1. The summed E-state index contributed by atoms with van der Waals surface area (Å²) in [6, 6.07) is 5.47. The maximum Gasteiger partial charge on any atom is 0.349 e. The summed E-state index contributed by atoms with van der Waals surface area (Å²) in [7, 11) is 0. The number of halogens is 3. The van der Waals surface area contributed by atoms with Crippen molar-refractivity contribution in [1.82, 2.24) is 24.5 Å². The summed E-state index contributed by atoms with van der Waals surface area (Å²) in [5.74, 6) is -0.0770. The van der Waals surface area contributed by atoms with Crippen LogP contribution in [0.3, 0.4) is 0 Å². The smallest absolute Gasteiger partial charge is 0.349 e. The van der Waals surface area contributed by atoms with Crippen molar-refractivity contribution in [3.8, 4) is 23.4 Å². The Morgan fingerprint density at radius 3 is 2.35 bits per heavy atom. The number of rotatable bonds is 5. The van der Waals surface area contributed by atoms with Gasteiger partial charge in [-0.3, -0.25) is 14.6 Å². The van der Waals surface area contributed by atoms with Gasteiger partial charge in [0.2, 0.25) is 11.6 Å². The van der Waals surface area contributed by atoms with Crippen LogP contribution in [0.25, 0.3) is 5.69 Å². The van der Waals surface area contributed by atoms with Crippen LogP contribution in [0.5, 0.6) is 11.6 Å². The number of hydrogen-bond donors (Lipinski definition) is 1. The lowest BCUT2D eigenvalue weighted by molar-refractivity contribution is 0.436. The van der Waals surface area contributed by atoms with E-state index in [1.165, 1.54) is 18.2 Å². The van der Waals surface area contributed by atoms with Gasteiger partial charge in [0.05, 0.1) is 15.7 Å². The molecule has 1 aromatic carbocycles. The zero-order chi connectivity index (χ0) is 22.9. The largest absolute Gasteiger partial charge is 0.434 e. The quantitative estimate of drug-likeness (QED) is 0.551. The van der Waals surface area contributed by atoms with Crippen LogP contribution in [0.2, 0.25) is 10.0 Å². The lowest BCUT2D eigenvalue weighted by atomic mass is 10.1. The molecule has 0 saturated heterocycles. The highest BCUT2D eigenvalue weighted by atomic mass is 35.5. The van der Waals surface area contributed by atoms with Crippen LogP contribution in [0.15, 0.2) is 32.6 Å². The summed E-state index contributed by atoms with van der Waals surface area (Å²) >= 11 is 18.4. The fraction of sp³-hybridized carbons (Fsp3) is 0.222. The molecular weight excluding hydrogens is 471 g/mol. The number of nitrogens with one attached hydrogen (secondary N) is 1. The van der Waals surface area contributed by atoms with Gasteiger partial charge in [0.1, 0.15) is 12.1 Å². The minimum Gasteiger partial charge on any atom is -0.434 e. The topological polar surface area (TPSA) is 136 Å². The van der Waals surface area contributed by atoms with E-state index in [1.54, 1.807) is 6.07 Å². The van der Waals surface area contributed by atoms with Crippen LogP contribution in [0.4, 0.5) is 0 Å². The molecule has 2 heterocycles. The van der Waals surface area contributed by atoms with Crippen LogP contribution in [-0.2, 0) is 6.00 Å². The van der Waals surface area contributed by atoms with E-state index in [0.29, 0.717) is 5.56 Å². The molecule has 13 heteroatoms. The molecular formula is C18H13Cl3N6O4. The molecule has 0 spiro atoms. The molecule has 0 amide bonds. The first-order valence-electron chi connectivity index (χ1n) is 8.65. The summed E-state index contributed by atoms with van der Waals surface area (Å²) < 4.78 is 7.51. The number of aromatic nitrogens is 5. The van der Waals surface area contributed by atoms with Gasteiger partial charge in [-0.25, -0.2) is 9.48 Å². The van der Waals surface area contributed by atoms with E-state index in [-0.39, 0.29) is 44.8 Å². The van der Waals surface area contributed by atoms with Crippen molar-refractivity contribution in [2.45, 2.75) is 25.8 Å². The number of benzene rings is 1. The van der Waals surface area contributed by atoms with E-state index in [2.05, 4.69) is 10.2 Å². The summed E-state index contributed by atoms with van der Waals surface area (Å²) in [6.07, 6.45) is 0. The molecule has 2 aromatic heterocycles. The third kappa shape index (κ3) is 4.49. The van der Waals surface area contributed by atoms with E-state index in [0.717, 1.165) is 9.36 Å². The Morgan fingerprint density at radius 2 is 1.81 bits per heavy atom. The molecule has 3 aromatic rings. The van der Waals surface area contributed by atoms with E-state index in [1.807, 2.05) is 18.8 Å². The fourth-order valence-corrected chi connectivity index (χ4v) is 3.32. The van der Waals surface area contributed by atoms with Crippen molar-refractivity contribution in [2.75, 3.05) is 0 Å². The average molecular weight is 484 g/mol. The molecule has 0 saturated carbocycles. The normalized spacial score (nSPS) is 10.9. The van der Waals surface area contributed by atoms with E-state index < -0.39 is 16.9 Å². The maximum atomic E-state index is 12.3. The third-order valence-electron chi connectivity index (χ3n) is 4.08. The Kier molecular flexibility index (Phi) is 6.50. The number of hydrogen-bond acceptors (Lipinski definition) is 7. The van der Waals surface area contributed by atoms with Crippen LogP contribution in [0.1, 0.15) is 31.0 Å². The van der Waals surface area contributed by atoms with Crippen molar-refractivity contribution in [3.63, 3.8) is 0 Å². The van der Waals surface area contributed by atoms with Crippen molar-refractivity contribution in [3.05, 3.63) is 70.7 Å². The predicted molar refractivity (Wildman–Crippen MR) is 114 cm³/mol. The monoisotopic (exact) mass is 482 g/mol. The van der Waals surface area contributed by atoms with E-state index in [9.17, 15) is 14.4 Å². The number of ether oxygens (including phenoxy) is 1. The van der Waals surface area contributed by atoms with Gasteiger partial charge in [0.25, 0.3) is 11.1 Å². The molecule has 0 aliphatic heterocycles. The first-order chi connectivity index (χ1) is 14.7.